The van der Waals surface area contributed by atoms with E-state index in [2.05, 4.69) is 97.7 Å². The fourth-order valence-electron chi connectivity index (χ4n) is 10.1. The Kier molecular flexibility index (Phi) is 17.1. The Morgan fingerprint density at radius 2 is 1.05 bits per heavy atom. The van der Waals surface area contributed by atoms with Gasteiger partial charge >= 0.3 is 0 Å². The Morgan fingerprint density at radius 3 is 1.60 bits per heavy atom. The summed E-state index contributed by atoms with van der Waals surface area (Å²) in [5.74, 6) is 2.26. The molecular weight excluding hydrogens is 1100 g/mol. The van der Waals surface area contributed by atoms with Gasteiger partial charge in [0.15, 0.2) is 0 Å². The van der Waals surface area contributed by atoms with E-state index in [4.69, 9.17) is 31.4 Å². The highest BCUT2D eigenvalue weighted by molar-refractivity contribution is 7.89. The number of anilines is 2. The van der Waals surface area contributed by atoms with Crippen LogP contribution in [-0.2, 0) is 39.7 Å². The molecule has 7 aromatic carbocycles. The summed E-state index contributed by atoms with van der Waals surface area (Å²) in [4.78, 5) is 20.8. The summed E-state index contributed by atoms with van der Waals surface area (Å²) >= 11 is 7.16. The van der Waals surface area contributed by atoms with Crippen molar-refractivity contribution in [3.05, 3.63) is 246 Å². The van der Waals surface area contributed by atoms with Crippen LogP contribution in [-0.4, -0.2) is 49.4 Å². The van der Waals surface area contributed by atoms with E-state index >= 15 is 0 Å². The number of aromatic nitrogens is 4. The van der Waals surface area contributed by atoms with E-state index in [-0.39, 0.29) is 14.9 Å². The lowest BCUT2D eigenvalue weighted by molar-refractivity contribution is 0.414. The van der Waals surface area contributed by atoms with Crippen LogP contribution in [0, 0.1) is 6.92 Å². The Morgan fingerprint density at radius 1 is 0.554 bits per heavy atom. The van der Waals surface area contributed by atoms with E-state index in [1.54, 1.807) is 52.4 Å². The van der Waals surface area contributed by atoms with Crippen molar-refractivity contribution in [1.29, 1.82) is 0 Å². The number of fused-ring (bicyclic) bond motifs is 2. The van der Waals surface area contributed by atoms with E-state index in [9.17, 15) is 16.8 Å². The van der Waals surface area contributed by atoms with Crippen molar-refractivity contribution in [2.45, 2.75) is 62.7 Å². The fourth-order valence-corrected chi connectivity index (χ4v) is 12.3. The molecule has 13 nitrogen and oxygen atoms in total. The largest absolute Gasteiger partial charge is 0.497 e. The zero-order valence-corrected chi connectivity index (χ0v) is 48.8. The van der Waals surface area contributed by atoms with Crippen LogP contribution in [0.25, 0.3) is 66.1 Å². The minimum atomic E-state index is -3.89. The average Bonchev–Trinajstić information content (AvgIpc) is 3.51. The maximum absolute atomic E-state index is 13.3. The molecule has 0 amide bonds. The van der Waals surface area contributed by atoms with Crippen molar-refractivity contribution in [1.82, 2.24) is 24.7 Å². The molecule has 0 atom stereocenters. The van der Waals surface area contributed by atoms with Gasteiger partial charge in [0.1, 0.15) is 32.3 Å². The number of nitrogens with two attached hydrogens (primary N) is 1. The summed E-state index contributed by atoms with van der Waals surface area (Å²) in [7, 11) is -6.09. The summed E-state index contributed by atoms with van der Waals surface area (Å²) in [6.07, 6.45) is 5.88. The molecule has 0 bridgehead atoms. The molecule has 16 heteroatoms. The van der Waals surface area contributed by atoms with E-state index in [1.165, 1.54) is 12.4 Å². The van der Waals surface area contributed by atoms with E-state index in [0.717, 1.165) is 83.3 Å². The van der Waals surface area contributed by atoms with Crippen LogP contribution >= 0.6 is 11.6 Å². The molecule has 0 saturated heterocycles. The lowest BCUT2D eigenvalue weighted by Gasteiger charge is -2.28. The van der Waals surface area contributed by atoms with Gasteiger partial charge in [-0.25, -0.2) is 36.7 Å². The van der Waals surface area contributed by atoms with Gasteiger partial charge in [0.2, 0.25) is 20.0 Å². The van der Waals surface area contributed by atoms with Crippen LogP contribution in [0.15, 0.2) is 229 Å². The molecule has 4 aromatic heterocycles. The molecule has 418 valence electrons. The predicted octanol–water partition coefficient (Wildman–Crippen LogP) is 14.4. The first kappa shape index (κ1) is 57.4. The van der Waals surface area contributed by atoms with Crippen molar-refractivity contribution in [3.8, 4) is 50.3 Å². The Bertz CT molecular complexity index is 4330. The second kappa shape index (κ2) is 24.7. The van der Waals surface area contributed by atoms with Crippen LogP contribution in [0.1, 0.15) is 43.2 Å². The number of hydrogen-bond acceptors (Lipinski definition) is 11. The quantitative estimate of drug-likeness (QED) is 0.0783. The van der Waals surface area contributed by atoms with Crippen molar-refractivity contribution < 1.29 is 21.6 Å². The topological polar surface area (TPSA) is 182 Å². The lowest BCUT2D eigenvalue weighted by atomic mass is 9.93. The Labute approximate surface area is 490 Å². The van der Waals surface area contributed by atoms with Crippen molar-refractivity contribution >= 4 is 64.8 Å². The number of nitrogens with zero attached hydrogens (tertiary/aromatic N) is 5. The van der Waals surface area contributed by atoms with Gasteiger partial charge in [-0.15, -0.1) is 0 Å². The number of ether oxygens (including phenoxy) is 1. The third-order valence-electron chi connectivity index (χ3n) is 13.8. The molecular formula is C67H61ClN8O5S2. The normalized spacial score (nSPS) is 11.7. The maximum Gasteiger partial charge on any atom is 0.242 e. The molecule has 0 aliphatic rings. The SMILES string of the molecule is COc1ccc(CN(Cc2ccccc2)c2nc(Cl)c(-c3cncc(S(=O)(=O)NC(C)(C)C)c3)c3cccc(-c4ccccc4)c23)cc1.Cc1nc(NCc2ccccc2)c2c(-c3ccccc3)cccc2c1-c1cncc(S(N)(=O)=O)c1. The summed E-state index contributed by atoms with van der Waals surface area (Å²) in [5.41, 5.74) is 10.1. The van der Waals surface area contributed by atoms with Gasteiger partial charge in [0, 0.05) is 88.7 Å². The van der Waals surface area contributed by atoms with E-state index in [1.807, 2.05) is 116 Å². The minimum Gasteiger partial charge on any atom is -0.497 e. The average molecular weight is 1160 g/mol. The van der Waals surface area contributed by atoms with Gasteiger partial charge < -0.3 is 15.0 Å². The lowest BCUT2D eigenvalue weighted by Crippen LogP contribution is -2.40. The van der Waals surface area contributed by atoms with Crippen LogP contribution in [0.2, 0.25) is 5.15 Å². The van der Waals surface area contributed by atoms with Crippen LogP contribution < -0.4 is 24.8 Å². The fraction of sp³-hybridized carbons (Fsp3) is 0.134. The molecule has 0 unspecified atom stereocenters. The smallest absolute Gasteiger partial charge is 0.242 e. The highest BCUT2D eigenvalue weighted by Crippen LogP contribution is 2.45. The van der Waals surface area contributed by atoms with Gasteiger partial charge in [-0.05, 0) is 102 Å². The zero-order chi connectivity index (χ0) is 58.3. The number of primary sulfonamides is 1. The van der Waals surface area contributed by atoms with Crippen molar-refractivity contribution in [2.24, 2.45) is 5.14 Å². The minimum absolute atomic E-state index is 0.0342. The van der Waals surface area contributed by atoms with Crippen LogP contribution in [0.5, 0.6) is 5.75 Å². The Balaban J connectivity index is 0.000000195. The maximum atomic E-state index is 13.3. The predicted molar refractivity (Wildman–Crippen MR) is 335 cm³/mol. The molecule has 0 aliphatic heterocycles. The first-order valence-electron chi connectivity index (χ1n) is 26.8. The first-order chi connectivity index (χ1) is 39.9. The van der Waals surface area contributed by atoms with E-state index in [0.29, 0.717) is 42.1 Å². The van der Waals surface area contributed by atoms with Gasteiger partial charge in [-0.2, -0.15) is 0 Å². The second-order valence-corrected chi connectivity index (χ2v) is 24.6. The van der Waals surface area contributed by atoms with Gasteiger partial charge in [0.05, 0.1) is 7.11 Å². The third-order valence-corrected chi connectivity index (χ3v) is 16.7. The van der Waals surface area contributed by atoms with Crippen molar-refractivity contribution in [2.75, 3.05) is 17.3 Å². The number of sulfonamides is 2. The molecule has 0 saturated carbocycles. The second-order valence-electron chi connectivity index (χ2n) is 21.0. The number of pyridine rings is 4. The molecule has 83 heavy (non-hydrogen) atoms. The standard InChI is InChI=1S/C39H37ClN4O3S.C28H24N4O2S/c1-39(2,3)43-48(45,46)32-22-30(23-41-24-32)35-34-17-11-16-33(29-14-9-6-10-15-29)36(34)38(42-37(35)40)44(25-27-12-7-5-8-13-27)26-28-18-20-31(47-4)21-19-28;1-19-26(22-15-23(18-30-17-22)35(29,33)34)25-14-8-13-24(21-11-6-3-7-12-21)27(25)28(32-19)31-16-20-9-4-2-5-10-20/h5-24,43H,25-26H2,1-4H3;2-15,17-18H,16H2,1H3,(H,31,32)(H2,29,33,34). The molecule has 11 rings (SSSR count). The molecule has 0 radical (unpaired) electrons. The molecule has 4 N–H and O–H groups in total. The summed E-state index contributed by atoms with van der Waals surface area (Å²) < 4.78 is 58.8. The van der Waals surface area contributed by atoms with Gasteiger partial charge in [0.25, 0.3) is 0 Å². The number of halogens is 1. The van der Waals surface area contributed by atoms with E-state index < -0.39 is 25.6 Å². The van der Waals surface area contributed by atoms with Crippen LogP contribution in [0.3, 0.4) is 0 Å². The summed E-state index contributed by atoms with van der Waals surface area (Å²) in [6, 6.07) is 64.1. The van der Waals surface area contributed by atoms with Gasteiger partial charge in [-0.3, -0.25) is 9.97 Å². The molecule has 0 fully saturated rings. The van der Waals surface area contributed by atoms with Gasteiger partial charge in [-0.1, -0.05) is 181 Å². The first-order valence-corrected chi connectivity index (χ1v) is 30.2. The molecule has 4 heterocycles. The number of hydrogen-bond donors (Lipinski definition) is 3. The highest BCUT2D eigenvalue weighted by atomic mass is 35.5. The summed E-state index contributed by atoms with van der Waals surface area (Å²) in [5, 5.41) is 12.8. The van der Waals surface area contributed by atoms with Crippen molar-refractivity contribution in [3.63, 3.8) is 0 Å². The zero-order valence-electron chi connectivity index (χ0n) is 46.5. The van der Waals surface area contributed by atoms with Crippen LogP contribution in [0.4, 0.5) is 11.6 Å². The summed E-state index contributed by atoms with van der Waals surface area (Å²) in [6.45, 7) is 9.05. The third kappa shape index (κ3) is 13.4. The number of nitrogens with one attached hydrogen (secondary N) is 2. The molecule has 0 spiro atoms. The number of benzene rings is 7. The number of methoxy groups -OCH3 is 1. The Hall–Kier alpha value is -8.83. The highest BCUT2D eigenvalue weighted by Gasteiger charge is 2.27. The number of aryl methyl sites for hydroxylation is 1. The molecule has 11 aromatic rings. The monoisotopic (exact) mass is 1160 g/mol. The number of rotatable bonds is 16. The molecule has 0 aliphatic carbocycles.